The maximum absolute atomic E-state index is 12.1. The number of anilines is 2. The zero-order valence-electron chi connectivity index (χ0n) is 12.9. The summed E-state index contributed by atoms with van der Waals surface area (Å²) in [6.07, 6.45) is 3.04. The van der Waals surface area contributed by atoms with E-state index in [1.54, 1.807) is 6.07 Å². The van der Waals surface area contributed by atoms with E-state index in [-0.39, 0.29) is 5.91 Å². The summed E-state index contributed by atoms with van der Waals surface area (Å²) in [6, 6.07) is 10.1. The topological polar surface area (TPSA) is 66.9 Å². The van der Waals surface area contributed by atoms with Gasteiger partial charge in [0, 0.05) is 17.4 Å². The molecule has 22 heavy (non-hydrogen) atoms. The number of benzene rings is 1. The van der Waals surface area contributed by atoms with Crippen LogP contribution < -0.4 is 10.6 Å². The van der Waals surface area contributed by atoms with E-state index in [0.29, 0.717) is 17.7 Å². The Kier molecular flexibility index (Phi) is 4.04. The molecule has 1 heterocycles. The number of amides is 1. The zero-order valence-corrected chi connectivity index (χ0v) is 12.9. The highest BCUT2D eigenvalue weighted by atomic mass is 16.2. The highest BCUT2D eigenvalue weighted by Gasteiger charge is 2.24. The van der Waals surface area contributed by atoms with Gasteiger partial charge < -0.3 is 10.6 Å². The lowest BCUT2D eigenvalue weighted by Crippen LogP contribution is -2.26. The molecule has 114 valence electrons. The molecule has 0 spiro atoms. The second-order valence-corrected chi connectivity index (χ2v) is 5.60. The van der Waals surface area contributed by atoms with Crippen molar-refractivity contribution in [1.29, 1.82) is 0 Å². The van der Waals surface area contributed by atoms with Crippen molar-refractivity contribution in [2.24, 2.45) is 0 Å². The second kappa shape index (κ2) is 6.13. The predicted molar refractivity (Wildman–Crippen MR) is 86.4 cm³/mol. The monoisotopic (exact) mass is 296 g/mol. The lowest BCUT2D eigenvalue weighted by atomic mass is 10.1. The third kappa shape index (κ3) is 3.42. The van der Waals surface area contributed by atoms with Gasteiger partial charge in [0.2, 0.25) is 5.95 Å². The maximum Gasteiger partial charge on any atom is 0.270 e. The normalized spacial score (nSPS) is 13.7. The Labute approximate surface area is 130 Å². The maximum atomic E-state index is 12.1. The summed E-state index contributed by atoms with van der Waals surface area (Å²) in [4.78, 5) is 20.9. The van der Waals surface area contributed by atoms with Crippen molar-refractivity contribution < 1.29 is 4.79 Å². The van der Waals surface area contributed by atoms with Gasteiger partial charge in [-0.15, -0.1) is 0 Å². The van der Waals surface area contributed by atoms with Crippen LogP contribution in [0.3, 0.4) is 0 Å². The van der Waals surface area contributed by atoms with Crippen LogP contribution in [0.5, 0.6) is 0 Å². The number of carbonyl (C=O) groups is 1. The van der Waals surface area contributed by atoms with E-state index in [1.165, 1.54) is 5.56 Å². The van der Waals surface area contributed by atoms with Crippen LogP contribution >= 0.6 is 0 Å². The molecule has 1 saturated carbocycles. The first-order valence-corrected chi connectivity index (χ1v) is 7.67. The Morgan fingerprint density at radius 1 is 1.27 bits per heavy atom. The Bertz CT molecular complexity index is 695. The fourth-order valence-corrected chi connectivity index (χ4v) is 2.30. The lowest BCUT2D eigenvalue weighted by Gasteiger charge is -2.11. The van der Waals surface area contributed by atoms with Gasteiger partial charge in [0.05, 0.1) is 0 Å². The van der Waals surface area contributed by atoms with Crippen LogP contribution in [0.25, 0.3) is 0 Å². The lowest BCUT2D eigenvalue weighted by molar-refractivity contribution is 0.0946. The molecular weight excluding hydrogens is 276 g/mol. The van der Waals surface area contributed by atoms with Crippen molar-refractivity contribution in [2.75, 3.05) is 5.32 Å². The van der Waals surface area contributed by atoms with Crippen molar-refractivity contribution in [3.8, 4) is 0 Å². The third-order valence-electron chi connectivity index (χ3n) is 3.64. The molecule has 1 aliphatic carbocycles. The summed E-state index contributed by atoms with van der Waals surface area (Å²) in [5.41, 5.74) is 3.35. The summed E-state index contributed by atoms with van der Waals surface area (Å²) in [6.45, 7) is 3.97. The summed E-state index contributed by atoms with van der Waals surface area (Å²) >= 11 is 0. The number of nitrogens with one attached hydrogen (secondary N) is 2. The molecule has 0 saturated heterocycles. The van der Waals surface area contributed by atoms with Gasteiger partial charge >= 0.3 is 0 Å². The number of aromatic nitrogens is 2. The molecule has 5 heteroatoms. The molecule has 0 atom stereocenters. The van der Waals surface area contributed by atoms with E-state index in [2.05, 4.69) is 33.6 Å². The molecule has 5 nitrogen and oxygen atoms in total. The Balaban J connectivity index is 1.84. The van der Waals surface area contributed by atoms with Crippen LogP contribution in [-0.2, 0) is 6.42 Å². The van der Waals surface area contributed by atoms with E-state index in [0.717, 1.165) is 30.6 Å². The molecule has 1 aromatic carbocycles. The van der Waals surface area contributed by atoms with Crippen LogP contribution in [0.1, 0.15) is 41.5 Å². The highest BCUT2D eigenvalue weighted by molar-refractivity contribution is 5.93. The molecule has 0 radical (unpaired) electrons. The minimum atomic E-state index is -0.125. The number of carbonyl (C=O) groups excluding carboxylic acids is 1. The fraction of sp³-hybridized carbons (Fsp3) is 0.353. The first kappa shape index (κ1) is 14.5. The largest absolute Gasteiger partial charge is 0.348 e. The molecule has 0 bridgehead atoms. The number of para-hydroxylation sites is 1. The molecule has 0 unspecified atom stereocenters. The van der Waals surface area contributed by atoms with Gasteiger partial charge in [-0.1, -0.05) is 25.1 Å². The van der Waals surface area contributed by atoms with Gasteiger partial charge in [0.1, 0.15) is 5.69 Å². The summed E-state index contributed by atoms with van der Waals surface area (Å²) in [7, 11) is 0. The van der Waals surface area contributed by atoms with Gasteiger partial charge in [0.15, 0.2) is 0 Å². The number of hydrogen-bond donors (Lipinski definition) is 2. The fourth-order valence-electron chi connectivity index (χ4n) is 2.30. The molecule has 1 aliphatic rings. The van der Waals surface area contributed by atoms with Crippen LogP contribution in [0.4, 0.5) is 11.6 Å². The smallest absolute Gasteiger partial charge is 0.270 e. The summed E-state index contributed by atoms with van der Waals surface area (Å²) in [5.74, 6) is 0.335. The molecule has 0 aliphatic heterocycles. The number of hydrogen-bond acceptors (Lipinski definition) is 4. The Morgan fingerprint density at radius 3 is 2.77 bits per heavy atom. The average molecular weight is 296 g/mol. The van der Waals surface area contributed by atoms with E-state index < -0.39 is 0 Å². The van der Waals surface area contributed by atoms with E-state index in [1.807, 2.05) is 25.1 Å². The summed E-state index contributed by atoms with van der Waals surface area (Å²) < 4.78 is 0. The minimum absolute atomic E-state index is 0.125. The van der Waals surface area contributed by atoms with Crippen molar-refractivity contribution in [3.63, 3.8) is 0 Å². The summed E-state index contributed by atoms with van der Waals surface area (Å²) in [5, 5.41) is 6.18. The van der Waals surface area contributed by atoms with Gasteiger partial charge in [-0.3, -0.25) is 4.79 Å². The van der Waals surface area contributed by atoms with Gasteiger partial charge in [-0.05, 0) is 43.9 Å². The van der Waals surface area contributed by atoms with Crippen molar-refractivity contribution in [2.45, 2.75) is 39.2 Å². The SMILES string of the molecule is CCc1ccccc1Nc1nc(C)cc(C(=O)NC2CC2)n1. The van der Waals surface area contributed by atoms with E-state index >= 15 is 0 Å². The predicted octanol–water partition coefficient (Wildman–Crippen LogP) is 2.98. The molecule has 3 rings (SSSR count). The zero-order chi connectivity index (χ0) is 15.5. The third-order valence-corrected chi connectivity index (χ3v) is 3.64. The van der Waals surface area contributed by atoms with E-state index in [9.17, 15) is 4.79 Å². The molecule has 1 aromatic heterocycles. The number of rotatable bonds is 5. The van der Waals surface area contributed by atoms with Crippen molar-refractivity contribution in [1.82, 2.24) is 15.3 Å². The van der Waals surface area contributed by atoms with Crippen LogP contribution in [0.15, 0.2) is 30.3 Å². The molecule has 2 aromatic rings. The molecular formula is C17H20N4O. The quantitative estimate of drug-likeness (QED) is 0.890. The van der Waals surface area contributed by atoms with Gasteiger partial charge in [-0.2, -0.15) is 0 Å². The van der Waals surface area contributed by atoms with E-state index in [4.69, 9.17) is 0 Å². The highest BCUT2D eigenvalue weighted by Crippen LogP contribution is 2.21. The van der Waals surface area contributed by atoms with Crippen molar-refractivity contribution in [3.05, 3.63) is 47.3 Å². The Morgan fingerprint density at radius 2 is 2.05 bits per heavy atom. The van der Waals surface area contributed by atoms with Crippen LogP contribution in [-0.4, -0.2) is 21.9 Å². The molecule has 2 N–H and O–H groups in total. The molecule has 1 amide bonds. The average Bonchev–Trinajstić information content (AvgIpc) is 3.31. The first-order valence-electron chi connectivity index (χ1n) is 7.67. The minimum Gasteiger partial charge on any atom is -0.348 e. The standard InChI is InChI=1S/C17H20N4O/c1-3-12-6-4-5-7-14(12)20-17-18-11(2)10-15(21-17)16(22)19-13-8-9-13/h4-7,10,13H,3,8-9H2,1-2H3,(H,19,22)(H,18,20,21). The molecule has 1 fully saturated rings. The van der Waals surface area contributed by atoms with Crippen LogP contribution in [0.2, 0.25) is 0 Å². The van der Waals surface area contributed by atoms with Crippen LogP contribution in [0, 0.1) is 6.92 Å². The number of nitrogens with zero attached hydrogens (tertiary/aromatic N) is 2. The number of aryl methyl sites for hydroxylation is 2. The second-order valence-electron chi connectivity index (χ2n) is 5.60. The first-order chi connectivity index (χ1) is 10.7. The van der Waals surface area contributed by atoms with Crippen molar-refractivity contribution >= 4 is 17.5 Å². The van der Waals surface area contributed by atoms with Gasteiger partial charge in [-0.25, -0.2) is 9.97 Å². The van der Waals surface area contributed by atoms with Gasteiger partial charge in [0.25, 0.3) is 5.91 Å². The Hall–Kier alpha value is -2.43.